The molecule has 3 aromatic rings. The number of β-lactam (4-membered cyclic amide) rings is 1. The standard InChI is InChI=1S/C26H29N11O9S2/c27-22(33-19-14-5-29-6-15(14)19)12-1-3-13(4-2-12)45-8-18(25(40)41)46-35-20(16-9-47-26(28)32-16)23(38)34-21-17(7-36-11-30-10-31-36)37(24(21)39)48(42,43)44/h1-4,9-11,14-15,17-19,21,29H,5-8H2,(H2,27,33)(H2,28,32)(H,34,38)(H,40,41)(H,42,43,44)/b35-20-/t14-,15+,17-,18+,19?,21+/m1/s1. The summed E-state index contributed by atoms with van der Waals surface area (Å²) in [6, 6.07) is 4.02. The van der Waals surface area contributed by atoms with Crippen LogP contribution in [0.15, 0.2) is 52.4 Å². The highest BCUT2D eigenvalue weighted by molar-refractivity contribution is 7.84. The predicted molar refractivity (Wildman–Crippen MR) is 166 cm³/mol. The van der Waals surface area contributed by atoms with Gasteiger partial charge in [-0.25, -0.2) is 19.1 Å². The molecule has 48 heavy (non-hydrogen) atoms. The molecule has 6 rings (SSSR count). The lowest BCUT2D eigenvalue weighted by Gasteiger charge is -2.43. The van der Waals surface area contributed by atoms with E-state index < -0.39 is 58.6 Å². The summed E-state index contributed by atoms with van der Waals surface area (Å²) in [6.45, 7) is 1.07. The van der Waals surface area contributed by atoms with Gasteiger partial charge in [-0.1, -0.05) is 5.16 Å². The Hall–Kier alpha value is -5.19. The molecular weight excluding hydrogens is 674 g/mol. The number of nitrogens with zero attached hydrogens (tertiary/aromatic N) is 7. The fourth-order valence-electron chi connectivity index (χ4n) is 5.44. The Bertz CT molecular complexity index is 1850. The van der Waals surface area contributed by atoms with E-state index in [1.54, 1.807) is 24.3 Å². The number of thiazole rings is 1. The zero-order valence-electron chi connectivity index (χ0n) is 24.7. The maximum absolute atomic E-state index is 13.4. The molecule has 2 amide bonds. The lowest BCUT2D eigenvalue weighted by atomic mass is 9.98. The first-order valence-corrected chi connectivity index (χ1v) is 16.6. The van der Waals surface area contributed by atoms with Crippen molar-refractivity contribution in [2.24, 2.45) is 27.7 Å². The SMILES string of the molecule is NC(=NC1[C@H]2CNC[C@@H]12)c1ccc(OC[C@H](O/N=C(\C(=O)N[C@@H]2C(=O)N(S(=O)(=O)O)[C@@H]2Cn2cncn2)c2csc(N)n2)C(=O)O)cc1. The Kier molecular flexibility index (Phi) is 8.96. The highest BCUT2D eigenvalue weighted by Crippen LogP contribution is 2.44. The number of ether oxygens (including phenoxy) is 1. The van der Waals surface area contributed by atoms with Crippen molar-refractivity contribution < 1.29 is 42.0 Å². The Morgan fingerprint density at radius 3 is 2.56 bits per heavy atom. The number of carboxylic acid groups (broad SMARTS) is 1. The first kappa shape index (κ1) is 32.7. The van der Waals surface area contributed by atoms with E-state index in [0.29, 0.717) is 29.0 Å². The molecular formula is C26H29N11O9S2. The topological polar surface area (TPSA) is 292 Å². The highest BCUT2D eigenvalue weighted by Gasteiger charge is 2.55. The van der Waals surface area contributed by atoms with Gasteiger partial charge < -0.3 is 36.8 Å². The normalized spacial score (nSPS) is 24.4. The van der Waals surface area contributed by atoms with Crippen LogP contribution in [-0.2, 0) is 36.1 Å². The van der Waals surface area contributed by atoms with Gasteiger partial charge in [0, 0.05) is 35.9 Å². The summed E-state index contributed by atoms with van der Waals surface area (Å²) < 4.78 is 40.2. The number of aliphatic imine (C=N–C) groups is 1. The molecule has 254 valence electrons. The quantitative estimate of drug-likeness (QED) is 0.0338. The van der Waals surface area contributed by atoms with Crippen LogP contribution < -0.4 is 26.8 Å². The molecule has 2 saturated heterocycles. The number of carboxylic acids is 1. The Labute approximate surface area is 275 Å². The molecule has 0 radical (unpaired) electrons. The number of carbonyl (C=O) groups excluding carboxylic acids is 2. The average Bonchev–Trinajstić information content (AvgIpc) is 3.57. The van der Waals surface area contributed by atoms with E-state index in [1.807, 2.05) is 0 Å². The Morgan fingerprint density at radius 2 is 1.96 bits per heavy atom. The van der Waals surface area contributed by atoms with Crippen molar-refractivity contribution in [1.82, 2.24) is 34.7 Å². The molecule has 20 nitrogen and oxygen atoms in total. The molecule has 3 aliphatic rings. The van der Waals surface area contributed by atoms with E-state index in [9.17, 15) is 32.5 Å². The summed E-state index contributed by atoms with van der Waals surface area (Å²) in [4.78, 5) is 55.6. The van der Waals surface area contributed by atoms with Crippen LogP contribution in [0, 0.1) is 11.8 Å². The number of oxime groups is 1. The third-order valence-corrected chi connectivity index (χ3v) is 9.58. The third-order valence-electron chi connectivity index (χ3n) is 7.96. The Balaban J connectivity index is 1.13. The van der Waals surface area contributed by atoms with Gasteiger partial charge in [-0.2, -0.15) is 13.5 Å². The van der Waals surface area contributed by atoms with Crippen LogP contribution >= 0.6 is 11.3 Å². The second-order valence-electron chi connectivity index (χ2n) is 11.0. The number of carbonyl (C=O) groups is 3. The second kappa shape index (κ2) is 13.1. The second-order valence-corrected chi connectivity index (χ2v) is 13.2. The highest BCUT2D eigenvalue weighted by atomic mass is 32.2. The summed E-state index contributed by atoms with van der Waals surface area (Å²) in [5.74, 6) is -1.97. The van der Waals surface area contributed by atoms with Crippen LogP contribution in [-0.4, -0.2) is 115 Å². The fourth-order valence-corrected chi connectivity index (χ4v) is 6.86. The molecule has 1 unspecified atom stereocenters. The van der Waals surface area contributed by atoms with Gasteiger partial charge in [0.25, 0.3) is 17.9 Å². The van der Waals surface area contributed by atoms with Crippen molar-refractivity contribution in [3.05, 3.63) is 53.6 Å². The van der Waals surface area contributed by atoms with Crippen molar-refractivity contribution in [2.45, 2.75) is 30.8 Å². The van der Waals surface area contributed by atoms with E-state index in [1.165, 1.54) is 22.7 Å². The van der Waals surface area contributed by atoms with Crippen LogP contribution in [0.5, 0.6) is 5.75 Å². The van der Waals surface area contributed by atoms with Crippen LogP contribution in [0.2, 0.25) is 0 Å². The molecule has 0 bridgehead atoms. The smallest absolute Gasteiger partial charge is 0.362 e. The molecule has 1 aliphatic carbocycles. The number of amides is 2. The number of benzene rings is 1. The average molecular weight is 704 g/mol. The summed E-state index contributed by atoms with van der Waals surface area (Å²) in [5, 5.41) is 24.3. The molecule has 0 spiro atoms. The number of rotatable bonds is 14. The van der Waals surface area contributed by atoms with Gasteiger partial charge in [-0.15, -0.1) is 11.3 Å². The van der Waals surface area contributed by atoms with Gasteiger partial charge in [-0.05, 0) is 24.3 Å². The number of hydrogen-bond acceptors (Lipinski definition) is 15. The molecule has 6 atom stereocenters. The van der Waals surface area contributed by atoms with Gasteiger partial charge in [0.1, 0.15) is 42.6 Å². The maximum atomic E-state index is 13.4. The number of nitrogens with one attached hydrogen (secondary N) is 2. The number of fused-ring (bicyclic) bond motifs is 1. The number of aliphatic carboxylic acids is 1. The summed E-state index contributed by atoms with van der Waals surface area (Å²) in [6.07, 6.45) is 0.700. The van der Waals surface area contributed by atoms with Gasteiger partial charge in [0.2, 0.25) is 0 Å². The fraction of sp³-hybridized carbons (Fsp3) is 0.385. The summed E-state index contributed by atoms with van der Waals surface area (Å²) in [7, 11) is -4.98. The van der Waals surface area contributed by atoms with Gasteiger partial charge in [-0.3, -0.25) is 23.8 Å². The van der Waals surface area contributed by atoms with E-state index in [2.05, 4.69) is 35.8 Å². The molecule has 4 heterocycles. The van der Waals surface area contributed by atoms with Crippen LogP contribution in [0.4, 0.5) is 5.13 Å². The first-order valence-electron chi connectivity index (χ1n) is 14.3. The molecule has 2 aliphatic heterocycles. The largest absolute Gasteiger partial charge is 0.489 e. The number of anilines is 1. The number of nitrogens with two attached hydrogens (primary N) is 2. The van der Waals surface area contributed by atoms with Crippen molar-refractivity contribution in [3.63, 3.8) is 0 Å². The van der Waals surface area contributed by atoms with E-state index in [0.717, 1.165) is 24.4 Å². The predicted octanol–water partition coefficient (Wildman–Crippen LogP) is -2.31. The zero-order chi connectivity index (χ0) is 34.2. The molecule has 1 aromatic carbocycles. The lowest BCUT2D eigenvalue weighted by molar-refractivity contribution is -0.152. The number of piperidine rings is 1. The van der Waals surface area contributed by atoms with Crippen molar-refractivity contribution in [3.8, 4) is 5.75 Å². The number of nitrogen functional groups attached to an aromatic ring is 1. The van der Waals surface area contributed by atoms with E-state index in [4.69, 9.17) is 21.0 Å². The summed E-state index contributed by atoms with van der Waals surface area (Å²) in [5.41, 5.74) is 11.9. The Morgan fingerprint density at radius 1 is 1.23 bits per heavy atom. The number of aromatic nitrogens is 4. The van der Waals surface area contributed by atoms with Crippen LogP contribution in [0.3, 0.4) is 0 Å². The summed E-state index contributed by atoms with van der Waals surface area (Å²) >= 11 is 0.941. The lowest BCUT2D eigenvalue weighted by Crippen LogP contribution is -2.73. The van der Waals surface area contributed by atoms with E-state index >= 15 is 0 Å². The molecule has 22 heteroatoms. The number of amidine groups is 1. The molecule has 8 N–H and O–H groups in total. The zero-order valence-corrected chi connectivity index (χ0v) is 26.3. The van der Waals surface area contributed by atoms with Gasteiger partial charge >= 0.3 is 16.3 Å². The monoisotopic (exact) mass is 703 g/mol. The number of hydrogen-bond donors (Lipinski definition) is 6. The van der Waals surface area contributed by atoms with Crippen LogP contribution in [0.25, 0.3) is 0 Å². The minimum absolute atomic E-state index is 0.0380. The molecule has 1 saturated carbocycles. The van der Waals surface area contributed by atoms with Crippen molar-refractivity contribution >= 4 is 56.1 Å². The van der Waals surface area contributed by atoms with Crippen molar-refractivity contribution in [1.29, 1.82) is 0 Å². The minimum Gasteiger partial charge on any atom is -0.489 e. The van der Waals surface area contributed by atoms with E-state index in [-0.39, 0.29) is 27.7 Å². The molecule has 2 aromatic heterocycles. The van der Waals surface area contributed by atoms with Crippen molar-refractivity contribution in [2.75, 3.05) is 25.4 Å². The maximum Gasteiger partial charge on any atom is 0.362 e. The third kappa shape index (κ3) is 6.90. The molecule has 3 fully saturated rings. The minimum atomic E-state index is -4.98. The first-order chi connectivity index (χ1) is 22.9. The van der Waals surface area contributed by atoms with Crippen LogP contribution in [0.1, 0.15) is 11.3 Å². The van der Waals surface area contributed by atoms with Gasteiger partial charge in [0.15, 0.2) is 10.8 Å². The van der Waals surface area contributed by atoms with Gasteiger partial charge in [0.05, 0.1) is 18.6 Å².